The van der Waals surface area contributed by atoms with E-state index >= 15 is 0 Å². The molecule has 0 radical (unpaired) electrons. The van der Waals surface area contributed by atoms with Gasteiger partial charge in [0, 0.05) is 30.5 Å². The van der Waals surface area contributed by atoms with Crippen LogP contribution in [0.1, 0.15) is 25.8 Å². The minimum atomic E-state index is -0.790. The Hall–Kier alpha value is -3.33. The van der Waals surface area contributed by atoms with Crippen LogP contribution in [0.15, 0.2) is 54.9 Å². The number of hydrogen-bond donors (Lipinski definition) is 1. The first-order chi connectivity index (χ1) is 16.3. The lowest BCUT2D eigenvalue weighted by Crippen LogP contribution is -2.51. The van der Waals surface area contributed by atoms with Crippen molar-refractivity contribution in [3.05, 3.63) is 60.4 Å². The second kappa shape index (κ2) is 9.73. The molecule has 1 atom stereocenters. The number of pyridine rings is 2. The van der Waals surface area contributed by atoms with Gasteiger partial charge in [0.15, 0.2) is 11.6 Å². The van der Waals surface area contributed by atoms with Crippen LogP contribution in [0, 0.1) is 6.92 Å². The highest BCUT2D eigenvalue weighted by atomic mass is 32.1. The average Bonchev–Trinajstić information content (AvgIpc) is 3.24. The molecule has 35 heavy (non-hydrogen) atoms. The van der Waals surface area contributed by atoms with Gasteiger partial charge in [0.2, 0.25) is 0 Å². The monoisotopic (exact) mass is 495 g/mol. The molecule has 1 N–H and O–H groups in total. The zero-order valence-corrected chi connectivity index (χ0v) is 21.1. The summed E-state index contributed by atoms with van der Waals surface area (Å²) in [4.78, 5) is 25.9. The number of anilines is 3. The van der Waals surface area contributed by atoms with Crippen molar-refractivity contribution in [2.75, 3.05) is 34.8 Å². The third-order valence-corrected chi connectivity index (χ3v) is 6.03. The molecule has 1 aromatic carbocycles. The average molecular weight is 496 g/mol. The predicted molar refractivity (Wildman–Crippen MR) is 142 cm³/mol. The summed E-state index contributed by atoms with van der Waals surface area (Å²) in [5.41, 5.74) is 3.59. The van der Waals surface area contributed by atoms with Gasteiger partial charge in [-0.25, -0.2) is 14.2 Å². The van der Waals surface area contributed by atoms with Crippen LogP contribution in [-0.2, 0) is 0 Å². The van der Waals surface area contributed by atoms with E-state index in [0.29, 0.717) is 43.3 Å². The minimum Gasteiger partial charge on any atom is -0.482 e. The maximum absolute atomic E-state index is 13.7. The number of amides is 2. The first-order valence-corrected chi connectivity index (χ1v) is 11.5. The van der Waals surface area contributed by atoms with Gasteiger partial charge in [-0.3, -0.25) is 9.88 Å². The summed E-state index contributed by atoms with van der Waals surface area (Å²) in [7, 11) is 0. The van der Waals surface area contributed by atoms with E-state index in [4.69, 9.17) is 9.72 Å². The van der Waals surface area contributed by atoms with E-state index in [2.05, 4.69) is 10.3 Å². The quantitative estimate of drug-likeness (QED) is 0.532. The topological polar surface area (TPSA) is 70.6 Å². The molecule has 4 heterocycles. The number of aromatic nitrogens is 2. The second-order valence-corrected chi connectivity index (χ2v) is 9.53. The van der Waals surface area contributed by atoms with E-state index < -0.39 is 11.8 Å². The molecule has 2 amide bonds. The number of carbonyl (C=O) groups is 1. The Balaban J connectivity index is 0.00000289. The molecule has 0 bridgehead atoms. The normalized spacial score (nSPS) is 18.3. The molecule has 2 aromatic heterocycles. The molecule has 1 saturated heterocycles. The number of aryl methyl sites for hydroxylation is 1. The van der Waals surface area contributed by atoms with Crippen LogP contribution in [0.3, 0.4) is 0 Å². The number of carbonyl (C=O) groups excluding carboxylic acids is 1. The van der Waals surface area contributed by atoms with Crippen LogP contribution in [0.2, 0.25) is 0 Å². The van der Waals surface area contributed by atoms with Gasteiger partial charge in [0.25, 0.3) is 0 Å². The van der Waals surface area contributed by atoms with E-state index in [0.717, 1.165) is 22.5 Å². The smallest absolute Gasteiger partial charge is 0.327 e. The fourth-order valence-corrected chi connectivity index (χ4v) is 4.45. The SMILES string of the molecule is Cc1cncc(NC(=O)N2CC(C)(C)Oc3ccc(-c4cccc(N5CC[C@H](F)C5)c4)nc32)c1.S. The highest BCUT2D eigenvalue weighted by molar-refractivity contribution is 7.59. The van der Waals surface area contributed by atoms with Gasteiger partial charge in [-0.05, 0) is 63.1 Å². The second-order valence-electron chi connectivity index (χ2n) is 9.53. The number of ether oxygens (including phenoxy) is 1. The molecule has 0 aliphatic carbocycles. The lowest BCUT2D eigenvalue weighted by atomic mass is 10.1. The molecule has 0 spiro atoms. The highest BCUT2D eigenvalue weighted by Crippen LogP contribution is 2.38. The van der Waals surface area contributed by atoms with Crippen LogP contribution >= 0.6 is 13.5 Å². The van der Waals surface area contributed by atoms with Crippen molar-refractivity contribution in [3.8, 4) is 17.0 Å². The molecule has 9 heteroatoms. The molecular weight excluding hydrogens is 465 g/mol. The number of fused-ring (bicyclic) bond motifs is 1. The number of hydrogen-bond acceptors (Lipinski definition) is 5. The summed E-state index contributed by atoms with van der Waals surface area (Å²) in [6.07, 6.45) is 3.12. The minimum absolute atomic E-state index is 0. The zero-order chi connectivity index (χ0) is 23.9. The van der Waals surface area contributed by atoms with E-state index in [9.17, 15) is 9.18 Å². The maximum Gasteiger partial charge on any atom is 0.327 e. The van der Waals surface area contributed by atoms with Gasteiger partial charge in [-0.1, -0.05) is 12.1 Å². The lowest BCUT2D eigenvalue weighted by molar-refractivity contribution is 0.106. The van der Waals surface area contributed by atoms with Crippen LogP contribution in [0.5, 0.6) is 5.75 Å². The van der Waals surface area contributed by atoms with E-state index in [1.165, 1.54) is 0 Å². The van der Waals surface area contributed by atoms with Gasteiger partial charge in [0.1, 0.15) is 11.8 Å². The highest BCUT2D eigenvalue weighted by Gasteiger charge is 2.36. The van der Waals surface area contributed by atoms with Crippen molar-refractivity contribution in [1.29, 1.82) is 0 Å². The van der Waals surface area contributed by atoms with Crippen LogP contribution in [-0.4, -0.2) is 47.4 Å². The number of rotatable bonds is 3. The van der Waals surface area contributed by atoms with Crippen molar-refractivity contribution in [3.63, 3.8) is 0 Å². The number of nitrogens with one attached hydrogen (secondary N) is 1. The van der Waals surface area contributed by atoms with Crippen molar-refractivity contribution in [1.82, 2.24) is 9.97 Å². The Labute approximate surface area is 211 Å². The van der Waals surface area contributed by atoms with Crippen LogP contribution in [0.4, 0.5) is 26.4 Å². The summed E-state index contributed by atoms with van der Waals surface area (Å²) in [6.45, 7) is 7.26. The Kier molecular flexibility index (Phi) is 6.89. The van der Waals surface area contributed by atoms with Crippen molar-refractivity contribution >= 4 is 36.7 Å². The summed E-state index contributed by atoms with van der Waals surface area (Å²) in [5.74, 6) is 1.01. The number of halogens is 1. The Morgan fingerprint density at radius 2 is 2.03 bits per heavy atom. The Morgan fingerprint density at radius 3 is 2.77 bits per heavy atom. The molecule has 1 fully saturated rings. The summed E-state index contributed by atoms with van der Waals surface area (Å²) in [6, 6.07) is 13.2. The third kappa shape index (κ3) is 5.35. The molecule has 0 unspecified atom stereocenters. The van der Waals surface area contributed by atoms with Crippen molar-refractivity contribution in [2.24, 2.45) is 0 Å². The summed E-state index contributed by atoms with van der Waals surface area (Å²) in [5, 5.41) is 2.93. The van der Waals surface area contributed by atoms with Crippen molar-refractivity contribution in [2.45, 2.75) is 39.0 Å². The number of benzene rings is 1. The Bertz CT molecular complexity index is 1240. The molecular formula is C26H30FN5O2S. The predicted octanol–water partition coefficient (Wildman–Crippen LogP) is 5.32. The fraction of sp³-hybridized carbons (Fsp3) is 0.346. The van der Waals surface area contributed by atoms with E-state index in [1.807, 2.05) is 68.1 Å². The van der Waals surface area contributed by atoms with Gasteiger partial charge in [-0.2, -0.15) is 13.5 Å². The standard InChI is InChI=1S/C26H28FN5O2.H2S/c1-17-11-20(14-28-13-17)29-25(33)32-16-26(2,3)34-23-8-7-22(30-24(23)32)18-5-4-6-21(12-18)31-10-9-19(27)15-31;/h4-8,11-14,19H,9-10,15-16H2,1-3H3,(H,29,33);1H2/t19-;/m0./s1. The summed E-state index contributed by atoms with van der Waals surface area (Å²) < 4.78 is 19.8. The molecule has 0 saturated carbocycles. The van der Waals surface area contributed by atoms with E-state index in [1.54, 1.807) is 17.3 Å². The first kappa shape index (κ1) is 24.8. The molecule has 184 valence electrons. The fourth-order valence-electron chi connectivity index (χ4n) is 4.45. The lowest BCUT2D eigenvalue weighted by Gasteiger charge is -2.38. The van der Waals surface area contributed by atoms with Crippen LogP contribution < -0.4 is 19.9 Å². The van der Waals surface area contributed by atoms with Gasteiger partial charge < -0.3 is 15.0 Å². The largest absolute Gasteiger partial charge is 0.482 e. The number of urea groups is 1. The number of nitrogens with zero attached hydrogens (tertiary/aromatic N) is 4. The first-order valence-electron chi connectivity index (χ1n) is 11.5. The maximum atomic E-state index is 13.7. The zero-order valence-electron chi connectivity index (χ0n) is 20.1. The van der Waals surface area contributed by atoms with Gasteiger partial charge in [0.05, 0.1) is 24.1 Å². The van der Waals surface area contributed by atoms with E-state index in [-0.39, 0.29) is 19.5 Å². The molecule has 3 aromatic rings. The number of alkyl halides is 1. The molecule has 2 aliphatic heterocycles. The third-order valence-electron chi connectivity index (χ3n) is 6.03. The van der Waals surface area contributed by atoms with Gasteiger partial charge >= 0.3 is 6.03 Å². The molecule has 2 aliphatic rings. The molecule has 5 rings (SSSR count). The Morgan fingerprint density at radius 1 is 1.20 bits per heavy atom. The summed E-state index contributed by atoms with van der Waals surface area (Å²) >= 11 is 0. The van der Waals surface area contributed by atoms with Crippen molar-refractivity contribution < 1.29 is 13.9 Å². The van der Waals surface area contributed by atoms with Crippen LogP contribution in [0.25, 0.3) is 11.3 Å². The van der Waals surface area contributed by atoms with Gasteiger partial charge in [-0.15, -0.1) is 0 Å². The molecule has 7 nitrogen and oxygen atoms in total.